The van der Waals surface area contributed by atoms with Crippen molar-refractivity contribution in [3.8, 4) is 10.6 Å². The van der Waals surface area contributed by atoms with Crippen molar-refractivity contribution in [2.45, 2.75) is 25.3 Å². The van der Waals surface area contributed by atoms with Crippen molar-refractivity contribution in [3.05, 3.63) is 71.5 Å². The maximum atomic E-state index is 12.5. The van der Waals surface area contributed by atoms with Crippen LogP contribution in [0, 0.1) is 5.92 Å². The van der Waals surface area contributed by atoms with Crippen LogP contribution in [0.1, 0.15) is 30.1 Å². The topological polar surface area (TPSA) is 54.9 Å². The molecule has 0 bridgehead atoms. The van der Waals surface area contributed by atoms with E-state index in [1.54, 1.807) is 23.7 Å². The molecule has 25 heavy (non-hydrogen) atoms. The first-order valence-electron chi connectivity index (χ1n) is 8.49. The Hall–Kier alpha value is -2.53. The Kier molecular flexibility index (Phi) is 4.57. The fourth-order valence-corrected chi connectivity index (χ4v) is 3.77. The Balaban J connectivity index is 1.43. The molecule has 126 valence electrons. The van der Waals surface area contributed by atoms with Crippen LogP contribution < -0.4 is 5.32 Å². The Labute approximate surface area is 151 Å². The number of carbonyl (C=O) groups excluding carboxylic acids is 1. The molecule has 1 aliphatic rings. The van der Waals surface area contributed by atoms with E-state index in [-0.39, 0.29) is 11.9 Å². The third kappa shape index (κ3) is 3.94. The summed E-state index contributed by atoms with van der Waals surface area (Å²) in [5.74, 6) is 0.594. The SMILES string of the molecule is O=C(Cc1csc(-c2cccnc2)n1)N[C@H](c1ccccc1)C1CC1. The summed E-state index contributed by atoms with van der Waals surface area (Å²) in [6.07, 6.45) is 6.21. The van der Waals surface area contributed by atoms with Crippen LogP contribution in [0.2, 0.25) is 0 Å². The van der Waals surface area contributed by atoms with E-state index in [0.29, 0.717) is 12.3 Å². The molecule has 1 atom stereocenters. The predicted molar refractivity (Wildman–Crippen MR) is 99.1 cm³/mol. The monoisotopic (exact) mass is 349 g/mol. The summed E-state index contributed by atoms with van der Waals surface area (Å²) in [6.45, 7) is 0. The van der Waals surface area contributed by atoms with Gasteiger partial charge < -0.3 is 5.32 Å². The number of thiazole rings is 1. The molecule has 1 saturated carbocycles. The van der Waals surface area contributed by atoms with Crippen LogP contribution in [0.3, 0.4) is 0 Å². The highest BCUT2D eigenvalue weighted by Crippen LogP contribution is 2.41. The molecule has 4 rings (SSSR count). The van der Waals surface area contributed by atoms with Crippen molar-refractivity contribution in [1.29, 1.82) is 0 Å². The molecular weight excluding hydrogens is 330 g/mol. The van der Waals surface area contributed by atoms with Gasteiger partial charge in [-0.3, -0.25) is 9.78 Å². The number of benzene rings is 1. The molecule has 5 heteroatoms. The largest absolute Gasteiger partial charge is 0.349 e. The van der Waals surface area contributed by atoms with Gasteiger partial charge in [0, 0.05) is 23.3 Å². The van der Waals surface area contributed by atoms with Crippen LogP contribution in [0.5, 0.6) is 0 Å². The van der Waals surface area contributed by atoms with Crippen LogP contribution in [-0.4, -0.2) is 15.9 Å². The van der Waals surface area contributed by atoms with Crippen LogP contribution in [0.4, 0.5) is 0 Å². The zero-order chi connectivity index (χ0) is 17.1. The van der Waals surface area contributed by atoms with Crippen molar-refractivity contribution >= 4 is 17.2 Å². The van der Waals surface area contributed by atoms with Gasteiger partial charge in [-0.05, 0) is 36.5 Å². The Bertz CT molecular complexity index is 844. The molecule has 0 aliphatic heterocycles. The molecule has 1 aromatic carbocycles. The van der Waals surface area contributed by atoms with Gasteiger partial charge in [-0.1, -0.05) is 30.3 Å². The van der Waals surface area contributed by atoms with Gasteiger partial charge in [0.15, 0.2) is 0 Å². The van der Waals surface area contributed by atoms with Crippen LogP contribution in [0.15, 0.2) is 60.2 Å². The molecule has 0 unspecified atom stereocenters. The number of rotatable bonds is 6. The van der Waals surface area contributed by atoms with E-state index in [1.165, 1.54) is 18.4 Å². The number of hydrogen-bond acceptors (Lipinski definition) is 4. The number of carbonyl (C=O) groups is 1. The number of nitrogens with one attached hydrogen (secondary N) is 1. The number of hydrogen-bond donors (Lipinski definition) is 1. The number of amides is 1. The van der Waals surface area contributed by atoms with Gasteiger partial charge in [0.05, 0.1) is 18.2 Å². The van der Waals surface area contributed by atoms with Gasteiger partial charge >= 0.3 is 0 Å². The van der Waals surface area contributed by atoms with Gasteiger partial charge in [-0.25, -0.2) is 4.98 Å². The summed E-state index contributed by atoms with van der Waals surface area (Å²) in [7, 11) is 0. The standard InChI is InChI=1S/C20H19N3OS/c24-18(23-19(15-8-9-15)14-5-2-1-3-6-14)11-17-13-25-20(22-17)16-7-4-10-21-12-16/h1-7,10,12-13,15,19H,8-9,11H2,(H,23,24)/t19-/m1/s1. The molecule has 1 aliphatic carbocycles. The average molecular weight is 349 g/mol. The first-order valence-corrected chi connectivity index (χ1v) is 9.36. The number of aromatic nitrogens is 2. The molecule has 1 fully saturated rings. The lowest BCUT2D eigenvalue weighted by Gasteiger charge is -2.18. The highest BCUT2D eigenvalue weighted by atomic mass is 32.1. The lowest BCUT2D eigenvalue weighted by Crippen LogP contribution is -2.31. The highest BCUT2D eigenvalue weighted by molar-refractivity contribution is 7.13. The van der Waals surface area contributed by atoms with E-state index < -0.39 is 0 Å². The summed E-state index contributed by atoms with van der Waals surface area (Å²) in [4.78, 5) is 21.2. The minimum absolute atomic E-state index is 0.0313. The first-order chi connectivity index (χ1) is 12.3. The Morgan fingerprint density at radius 1 is 1.20 bits per heavy atom. The molecule has 2 aromatic heterocycles. The number of pyridine rings is 1. The summed E-state index contributed by atoms with van der Waals surface area (Å²) in [5.41, 5.74) is 2.98. The summed E-state index contributed by atoms with van der Waals surface area (Å²) in [6, 6.07) is 14.2. The van der Waals surface area contributed by atoms with Gasteiger partial charge in [-0.15, -0.1) is 11.3 Å². The Morgan fingerprint density at radius 3 is 2.76 bits per heavy atom. The van der Waals surface area contributed by atoms with E-state index in [0.717, 1.165) is 16.3 Å². The molecule has 2 heterocycles. The van der Waals surface area contributed by atoms with Crippen molar-refractivity contribution in [2.75, 3.05) is 0 Å². The van der Waals surface area contributed by atoms with E-state index in [2.05, 4.69) is 27.4 Å². The molecule has 1 N–H and O–H groups in total. The lowest BCUT2D eigenvalue weighted by atomic mass is 10.0. The second kappa shape index (κ2) is 7.15. The second-order valence-electron chi connectivity index (χ2n) is 6.36. The summed E-state index contributed by atoms with van der Waals surface area (Å²) >= 11 is 1.55. The van der Waals surface area contributed by atoms with Crippen molar-refractivity contribution in [3.63, 3.8) is 0 Å². The fraction of sp³-hybridized carbons (Fsp3) is 0.250. The zero-order valence-electron chi connectivity index (χ0n) is 13.8. The quantitative estimate of drug-likeness (QED) is 0.731. The Morgan fingerprint density at radius 2 is 2.04 bits per heavy atom. The average Bonchev–Trinajstić information content (AvgIpc) is 3.40. The second-order valence-corrected chi connectivity index (χ2v) is 7.21. The molecule has 3 aromatic rings. The predicted octanol–water partition coefficient (Wildman–Crippen LogP) is 4.02. The van der Waals surface area contributed by atoms with Crippen molar-refractivity contribution in [2.24, 2.45) is 5.92 Å². The van der Waals surface area contributed by atoms with Gasteiger partial charge in [0.2, 0.25) is 5.91 Å². The van der Waals surface area contributed by atoms with E-state index in [1.807, 2.05) is 35.7 Å². The number of nitrogens with zero attached hydrogens (tertiary/aromatic N) is 2. The van der Waals surface area contributed by atoms with Crippen LogP contribution in [0.25, 0.3) is 10.6 Å². The normalized spacial score (nSPS) is 14.9. The molecule has 4 nitrogen and oxygen atoms in total. The lowest BCUT2D eigenvalue weighted by molar-refractivity contribution is -0.121. The maximum absolute atomic E-state index is 12.5. The van der Waals surface area contributed by atoms with Crippen LogP contribution >= 0.6 is 11.3 Å². The zero-order valence-corrected chi connectivity index (χ0v) is 14.6. The molecule has 1 amide bonds. The minimum atomic E-state index is 0.0313. The van der Waals surface area contributed by atoms with Crippen LogP contribution in [-0.2, 0) is 11.2 Å². The smallest absolute Gasteiger partial charge is 0.226 e. The van der Waals surface area contributed by atoms with Crippen molar-refractivity contribution < 1.29 is 4.79 Å². The molecule has 0 spiro atoms. The van der Waals surface area contributed by atoms with E-state index in [4.69, 9.17) is 0 Å². The van der Waals surface area contributed by atoms with Gasteiger partial charge in [0.1, 0.15) is 5.01 Å². The summed E-state index contributed by atoms with van der Waals surface area (Å²) < 4.78 is 0. The van der Waals surface area contributed by atoms with Gasteiger partial charge in [0.25, 0.3) is 0 Å². The molecular formula is C20H19N3OS. The van der Waals surface area contributed by atoms with E-state index in [9.17, 15) is 4.79 Å². The van der Waals surface area contributed by atoms with Gasteiger partial charge in [-0.2, -0.15) is 0 Å². The molecule has 0 radical (unpaired) electrons. The minimum Gasteiger partial charge on any atom is -0.349 e. The highest BCUT2D eigenvalue weighted by Gasteiger charge is 2.33. The van der Waals surface area contributed by atoms with Crippen molar-refractivity contribution in [1.82, 2.24) is 15.3 Å². The molecule has 0 saturated heterocycles. The fourth-order valence-electron chi connectivity index (χ4n) is 2.96. The first kappa shape index (κ1) is 16.0. The maximum Gasteiger partial charge on any atom is 0.226 e. The third-order valence-electron chi connectivity index (χ3n) is 4.37. The van der Waals surface area contributed by atoms with E-state index >= 15 is 0 Å². The third-order valence-corrected chi connectivity index (χ3v) is 5.31. The summed E-state index contributed by atoms with van der Waals surface area (Å²) in [5, 5.41) is 6.06.